The van der Waals surface area contributed by atoms with E-state index in [1.807, 2.05) is 6.92 Å². The Hall–Kier alpha value is -3.95. The number of benzene rings is 3. The Labute approximate surface area is 206 Å². The molecule has 0 saturated carbocycles. The van der Waals surface area contributed by atoms with Gasteiger partial charge in [-0.05, 0) is 67.4 Å². The number of imide groups is 2. The molecule has 178 valence electrons. The third kappa shape index (κ3) is 5.11. The van der Waals surface area contributed by atoms with Crippen LogP contribution in [0.3, 0.4) is 0 Å². The molecular weight excluding hydrogens is 492 g/mol. The van der Waals surface area contributed by atoms with Crippen LogP contribution in [0.25, 0.3) is 6.08 Å². The normalized spacial score (nSPS) is 15.3. The van der Waals surface area contributed by atoms with Crippen molar-refractivity contribution in [2.75, 3.05) is 4.90 Å². The van der Waals surface area contributed by atoms with Gasteiger partial charge in [-0.2, -0.15) is 8.42 Å². The second-order valence-electron chi connectivity index (χ2n) is 7.81. The second-order valence-corrected chi connectivity index (χ2v) is 9.79. The van der Waals surface area contributed by atoms with E-state index in [1.165, 1.54) is 42.5 Å². The summed E-state index contributed by atoms with van der Waals surface area (Å²) in [6, 6.07) is 15.9. The number of carbonyl (C=O) groups is 3. The average molecular weight is 511 g/mol. The molecule has 0 bridgehead atoms. The summed E-state index contributed by atoms with van der Waals surface area (Å²) in [7, 11) is -4.09. The van der Waals surface area contributed by atoms with Gasteiger partial charge in [0.25, 0.3) is 11.8 Å². The molecule has 8 nitrogen and oxygen atoms in total. The molecule has 3 aromatic carbocycles. The summed E-state index contributed by atoms with van der Waals surface area (Å²) < 4.78 is 30.4. The van der Waals surface area contributed by atoms with E-state index < -0.39 is 28.0 Å². The highest BCUT2D eigenvalue weighted by molar-refractivity contribution is 7.87. The molecule has 1 aliphatic heterocycles. The monoisotopic (exact) mass is 510 g/mol. The molecule has 35 heavy (non-hydrogen) atoms. The number of nitrogens with zero attached hydrogens (tertiary/aromatic N) is 1. The van der Waals surface area contributed by atoms with Crippen molar-refractivity contribution in [3.63, 3.8) is 0 Å². The predicted octanol–water partition coefficient (Wildman–Crippen LogP) is 4.39. The maximum Gasteiger partial charge on any atom is 0.339 e. The first-order chi connectivity index (χ1) is 16.5. The summed E-state index contributed by atoms with van der Waals surface area (Å²) >= 11 is 6.03. The first-order valence-corrected chi connectivity index (χ1v) is 12.1. The van der Waals surface area contributed by atoms with E-state index in [4.69, 9.17) is 15.8 Å². The average Bonchev–Trinajstić information content (AvgIpc) is 2.79. The molecule has 3 aromatic rings. The largest absolute Gasteiger partial charge is 0.379 e. The molecule has 1 N–H and O–H groups in total. The van der Waals surface area contributed by atoms with Gasteiger partial charge in [-0.1, -0.05) is 47.5 Å². The Bertz CT molecular complexity index is 1500. The molecule has 0 unspecified atom stereocenters. The highest BCUT2D eigenvalue weighted by Crippen LogP contribution is 2.28. The minimum Gasteiger partial charge on any atom is -0.379 e. The summed E-state index contributed by atoms with van der Waals surface area (Å²) in [4.78, 5) is 38.9. The van der Waals surface area contributed by atoms with Gasteiger partial charge in [-0.15, -0.1) is 0 Å². The standard InChI is InChI=1S/C25H19ClN2O6S/c1-15-6-10-20(11-7-15)35(32,33)34-19-5-3-4-17(12-19)13-21-23(29)27-25(31)28(24(21)30)22-14-18(26)9-8-16(22)2/h3-14H,1-2H3,(H,27,29,31)/b21-13-. The number of aryl methyl sites for hydroxylation is 2. The van der Waals surface area contributed by atoms with Gasteiger partial charge in [0.1, 0.15) is 16.2 Å². The Balaban J connectivity index is 1.66. The quantitative estimate of drug-likeness (QED) is 0.309. The lowest BCUT2D eigenvalue weighted by atomic mass is 10.1. The molecule has 0 radical (unpaired) electrons. The minimum atomic E-state index is -4.09. The summed E-state index contributed by atoms with van der Waals surface area (Å²) in [5, 5.41) is 2.46. The molecule has 0 atom stereocenters. The maximum absolute atomic E-state index is 13.1. The van der Waals surface area contributed by atoms with Crippen LogP contribution in [0.1, 0.15) is 16.7 Å². The highest BCUT2D eigenvalue weighted by Gasteiger charge is 2.37. The number of amides is 4. The smallest absolute Gasteiger partial charge is 0.339 e. The number of carbonyl (C=O) groups excluding carboxylic acids is 3. The fourth-order valence-electron chi connectivity index (χ4n) is 3.40. The molecule has 1 fully saturated rings. The number of nitrogens with one attached hydrogen (secondary N) is 1. The summed E-state index contributed by atoms with van der Waals surface area (Å²) in [5.41, 5.74) is 1.73. The second kappa shape index (κ2) is 9.36. The molecule has 1 heterocycles. The predicted molar refractivity (Wildman–Crippen MR) is 131 cm³/mol. The van der Waals surface area contributed by atoms with Crippen molar-refractivity contribution >= 4 is 51.3 Å². The van der Waals surface area contributed by atoms with Gasteiger partial charge in [-0.25, -0.2) is 9.69 Å². The van der Waals surface area contributed by atoms with Gasteiger partial charge in [0.2, 0.25) is 0 Å². The molecule has 1 aliphatic rings. The summed E-state index contributed by atoms with van der Waals surface area (Å²) in [5.74, 6) is -1.74. The van der Waals surface area contributed by atoms with Gasteiger partial charge in [0, 0.05) is 5.02 Å². The number of hydrogen-bond acceptors (Lipinski definition) is 6. The van der Waals surface area contributed by atoms with Crippen LogP contribution < -0.4 is 14.4 Å². The third-order valence-electron chi connectivity index (χ3n) is 5.20. The first-order valence-electron chi connectivity index (χ1n) is 10.3. The van der Waals surface area contributed by atoms with Crippen LogP contribution in [0.5, 0.6) is 5.75 Å². The van der Waals surface area contributed by atoms with Gasteiger partial charge >= 0.3 is 16.1 Å². The SMILES string of the molecule is Cc1ccc(S(=O)(=O)Oc2cccc(/C=C3/C(=O)NC(=O)N(c4cc(Cl)ccc4C)C3=O)c2)cc1. The molecule has 0 aromatic heterocycles. The van der Waals surface area contributed by atoms with Crippen molar-refractivity contribution in [1.82, 2.24) is 5.32 Å². The molecule has 0 aliphatic carbocycles. The van der Waals surface area contributed by atoms with Crippen molar-refractivity contribution in [3.8, 4) is 5.75 Å². The highest BCUT2D eigenvalue weighted by atomic mass is 35.5. The van der Waals surface area contributed by atoms with Crippen molar-refractivity contribution in [2.24, 2.45) is 0 Å². The number of barbiturate groups is 1. The Morgan fingerprint density at radius 3 is 2.37 bits per heavy atom. The lowest BCUT2D eigenvalue weighted by Crippen LogP contribution is -2.54. The number of hydrogen-bond donors (Lipinski definition) is 1. The van der Waals surface area contributed by atoms with Crippen molar-refractivity contribution < 1.29 is 27.0 Å². The molecular formula is C25H19ClN2O6S. The summed E-state index contributed by atoms with van der Waals surface area (Å²) in [6.07, 6.45) is 1.25. The topological polar surface area (TPSA) is 110 Å². The van der Waals surface area contributed by atoms with Gasteiger partial charge in [-0.3, -0.25) is 14.9 Å². The van der Waals surface area contributed by atoms with Gasteiger partial charge < -0.3 is 4.18 Å². The fourth-order valence-corrected chi connectivity index (χ4v) is 4.49. The summed E-state index contributed by atoms with van der Waals surface area (Å²) in [6.45, 7) is 3.53. The van der Waals surface area contributed by atoms with E-state index >= 15 is 0 Å². The molecule has 4 amide bonds. The minimum absolute atomic E-state index is 0.0118. The van der Waals surface area contributed by atoms with E-state index in [0.29, 0.717) is 16.1 Å². The van der Waals surface area contributed by atoms with E-state index in [0.717, 1.165) is 10.5 Å². The van der Waals surface area contributed by atoms with Crippen LogP contribution >= 0.6 is 11.6 Å². The van der Waals surface area contributed by atoms with E-state index in [9.17, 15) is 22.8 Å². The molecule has 4 rings (SSSR count). The van der Waals surface area contributed by atoms with Crippen molar-refractivity contribution in [2.45, 2.75) is 18.7 Å². The van der Waals surface area contributed by atoms with Crippen LogP contribution in [0.2, 0.25) is 5.02 Å². The van der Waals surface area contributed by atoms with Crippen LogP contribution in [0.4, 0.5) is 10.5 Å². The Morgan fingerprint density at radius 1 is 0.943 bits per heavy atom. The molecule has 1 saturated heterocycles. The van der Waals surface area contributed by atoms with Crippen molar-refractivity contribution in [1.29, 1.82) is 0 Å². The molecule has 0 spiro atoms. The van der Waals surface area contributed by atoms with Crippen molar-refractivity contribution in [3.05, 3.63) is 94.0 Å². The first kappa shape index (κ1) is 24.2. The number of urea groups is 1. The van der Waals surface area contributed by atoms with Crippen LogP contribution in [-0.2, 0) is 19.7 Å². The number of rotatable bonds is 5. The van der Waals surface area contributed by atoms with Crippen LogP contribution in [-0.4, -0.2) is 26.3 Å². The van der Waals surface area contributed by atoms with Crippen LogP contribution in [0.15, 0.2) is 77.2 Å². The third-order valence-corrected chi connectivity index (χ3v) is 6.69. The van der Waals surface area contributed by atoms with Gasteiger partial charge in [0.05, 0.1) is 5.69 Å². The maximum atomic E-state index is 13.1. The zero-order valence-electron chi connectivity index (χ0n) is 18.6. The molecule has 10 heteroatoms. The Kier molecular flexibility index (Phi) is 6.47. The lowest BCUT2D eigenvalue weighted by molar-refractivity contribution is -0.122. The fraction of sp³-hybridized carbons (Fsp3) is 0.0800. The Morgan fingerprint density at radius 2 is 1.66 bits per heavy atom. The lowest BCUT2D eigenvalue weighted by Gasteiger charge is -2.27. The van der Waals surface area contributed by atoms with Gasteiger partial charge in [0.15, 0.2) is 0 Å². The zero-order valence-corrected chi connectivity index (χ0v) is 20.2. The zero-order chi connectivity index (χ0) is 25.3. The van der Waals surface area contributed by atoms with E-state index in [1.54, 1.807) is 37.3 Å². The number of halogens is 1. The van der Waals surface area contributed by atoms with E-state index in [2.05, 4.69) is 5.32 Å². The van der Waals surface area contributed by atoms with E-state index in [-0.39, 0.29) is 21.9 Å². The van der Waals surface area contributed by atoms with Crippen LogP contribution in [0, 0.1) is 13.8 Å². The number of anilines is 1.